The first kappa shape index (κ1) is 18.5. The van der Waals surface area contributed by atoms with E-state index in [0.29, 0.717) is 5.52 Å². The Hall–Kier alpha value is -2.27. The second kappa shape index (κ2) is 6.16. The summed E-state index contributed by atoms with van der Waals surface area (Å²) in [5, 5.41) is 0. The minimum atomic E-state index is -4.60. The average Bonchev–Trinajstić information content (AvgIpc) is 2.90. The summed E-state index contributed by atoms with van der Waals surface area (Å²) >= 11 is 5.06. The highest BCUT2D eigenvalue weighted by Gasteiger charge is 2.33. The van der Waals surface area contributed by atoms with E-state index in [2.05, 4.69) is 15.0 Å². The van der Waals surface area contributed by atoms with E-state index in [1.807, 2.05) is 0 Å². The Bertz CT molecular complexity index is 1160. The SMILES string of the molecule is CCS(=O)(=O)c1ccc(=S)[nH]c1-c1nc2cc(C(F)(F)F)ncc2n1C. The largest absolute Gasteiger partial charge is 0.433 e. The summed E-state index contributed by atoms with van der Waals surface area (Å²) in [5.74, 6) is 0.00813. The van der Waals surface area contributed by atoms with Crippen LogP contribution in [-0.4, -0.2) is 33.7 Å². The van der Waals surface area contributed by atoms with Crippen molar-refractivity contribution in [1.82, 2.24) is 19.5 Å². The minimum absolute atomic E-state index is 0.0176. The molecule has 0 aromatic carbocycles. The maximum absolute atomic E-state index is 12.9. The van der Waals surface area contributed by atoms with E-state index in [-0.39, 0.29) is 32.3 Å². The van der Waals surface area contributed by atoms with Crippen molar-refractivity contribution in [2.24, 2.45) is 7.05 Å². The van der Waals surface area contributed by atoms with Gasteiger partial charge in [-0.15, -0.1) is 0 Å². The molecule has 0 unspecified atom stereocenters. The van der Waals surface area contributed by atoms with E-state index >= 15 is 0 Å². The zero-order chi connectivity index (χ0) is 19.3. The summed E-state index contributed by atoms with van der Waals surface area (Å²) in [5.41, 5.74) is -0.562. The molecule has 6 nitrogen and oxygen atoms in total. The zero-order valence-electron chi connectivity index (χ0n) is 13.6. The maximum Gasteiger partial charge on any atom is 0.433 e. The standard InChI is InChI=1S/C15H13F3N4O2S2/c1-3-26(23,24)10-4-5-12(25)21-13(10)14-20-8-6-11(15(16,17)18)19-7-9(8)22(14)2/h4-7H,3H2,1-2H3,(H,21,25). The van der Waals surface area contributed by atoms with Crippen LogP contribution in [0, 0.1) is 4.64 Å². The molecule has 11 heteroatoms. The molecule has 0 atom stereocenters. The number of pyridine rings is 2. The van der Waals surface area contributed by atoms with Gasteiger partial charge >= 0.3 is 6.18 Å². The number of aromatic nitrogens is 4. The number of imidazole rings is 1. The summed E-state index contributed by atoms with van der Waals surface area (Å²) in [6.45, 7) is 1.50. The van der Waals surface area contributed by atoms with E-state index in [9.17, 15) is 21.6 Å². The van der Waals surface area contributed by atoms with E-state index in [0.717, 1.165) is 12.3 Å². The third-order valence-electron chi connectivity index (χ3n) is 3.88. The lowest BCUT2D eigenvalue weighted by Gasteiger charge is -2.09. The zero-order valence-corrected chi connectivity index (χ0v) is 15.3. The normalized spacial score (nSPS) is 12.7. The average molecular weight is 402 g/mol. The second-order valence-corrected chi connectivity index (χ2v) is 8.20. The number of hydrogen-bond donors (Lipinski definition) is 1. The van der Waals surface area contributed by atoms with Crippen molar-refractivity contribution >= 4 is 33.1 Å². The number of nitrogens with zero attached hydrogens (tertiary/aromatic N) is 3. The first-order valence-corrected chi connectivity index (χ1v) is 9.46. The molecule has 3 rings (SSSR count). The summed E-state index contributed by atoms with van der Waals surface area (Å²) < 4.78 is 65.1. The number of nitrogens with one attached hydrogen (secondary N) is 1. The molecule has 26 heavy (non-hydrogen) atoms. The van der Waals surface area contributed by atoms with Gasteiger partial charge in [0.2, 0.25) is 0 Å². The number of rotatable bonds is 3. The van der Waals surface area contributed by atoms with Gasteiger partial charge in [-0.2, -0.15) is 13.2 Å². The Morgan fingerprint density at radius 3 is 2.62 bits per heavy atom. The summed E-state index contributed by atoms with van der Waals surface area (Å²) in [6.07, 6.45) is -3.55. The van der Waals surface area contributed by atoms with Crippen molar-refractivity contribution < 1.29 is 21.6 Å². The lowest BCUT2D eigenvalue weighted by molar-refractivity contribution is -0.141. The molecule has 0 amide bonds. The van der Waals surface area contributed by atoms with Crippen LogP contribution in [0.4, 0.5) is 13.2 Å². The fourth-order valence-corrected chi connectivity index (χ4v) is 3.72. The molecule has 3 aromatic heterocycles. The Labute approximate surface area is 151 Å². The molecule has 3 heterocycles. The number of halogens is 3. The van der Waals surface area contributed by atoms with Gasteiger partial charge in [-0.1, -0.05) is 19.1 Å². The van der Waals surface area contributed by atoms with Crippen molar-refractivity contribution in [3.8, 4) is 11.5 Å². The molecule has 0 spiro atoms. The van der Waals surface area contributed by atoms with Gasteiger partial charge in [0.15, 0.2) is 15.7 Å². The van der Waals surface area contributed by atoms with Crippen molar-refractivity contribution in [2.75, 3.05) is 5.75 Å². The molecule has 0 aliphatic rings. The molecule has 0 bridgehead atoms. The number of sulfone groups is 1. The lowest BCUT2D eigenvalue weighted by atomic mass is 10.3. The minimum Gasteiger partial charge on any atom is -0.342 e. The smallest absolute Gasteiger partial charge is 0.342 e. The second-order valence-electron chi connectivity index (χ2n) is 5.52. The molecule has 0 saturated carbocycles. The van der Waals surface area contributed by atoms with Crippen LogP contribution in [0.5, 0.6) is 0 Å². The van der Waals surface area contributed by atoms with Crippen LogP contribution in [0.25, 0.3) is 22.6 Å². The van der Waals surface area contributed by atoms with Gasteiger partial charge in [-0.05, 0) is 18.2 Å². The van der Waals surface area contributed by atoms with Gasteiger partial charge in [0.25, 0.3) is 0 Å². The highest BCUT2D eigenvalue weighted by atomic mass is 32.2. The quantitative estimate of drug-likeness (QED) is 0.678. The van der Waals surface area contributed by atoms with Crippen molar-refractivity contribution in [2.45, 2.75) is 18.0 Å². The predicted molar refractivity (Wildman–Crippen MR) is 91.9 cm³/mol. The summed E-state index contributed by atoms with van der Waals surface area (Å²) in [7, 11) is -2.04. The van der Waals surface area contributed by atoms with Gasteiger partial charge < -0.3 is 9.55 Å². The molecule has 0 aliphatic carbocycles. The van der Waals surface area contributed by atoms with Gasteiger partial charge in [0.1, 0.15) is 16.0 Å². The van der Waals surface area contributed by atoms with Crippen LogP contribution in [0.1, 0.15) is 12.6 Å². The molecular weight excluding hydrogens is 389 g/mol. The molecule has 138 valence electrons. The number of H-pyrrole nitrogens is 1. The number of fused-ring (bicyclic) bond motifs is 1. The van der Waals surface area contributed by atoms with Crippen LogP contribution in [0.3, 0.4) is 0 Å². The van der Waals surface area contributed by atoms with Crippen molar-refractivity contribution in [3.63, 3.8) is 0 Å². The summed E-state index contributed by atoms with van der Waals surface area (Å²) in [6, 6.07) is 3.63. The molecular formula is C15H13F3N4O2S2. The van der Waals surface area contributed by atoms with Crippen molar-refractivity contribution in [3.05, 3.63) is 34.7 Å². The van der Waals surface area contributed by atoms with E-state index < -0.39 is 21.7 Å². The van der Waals surface area contributed by atoms with Crippen LogP contribution < -0.4 is 0 Å². The molecule has 0 fully saturated rings. The Morgan fingerprint density at radius 2 is 2.00 bits per heavy atom. The number of alkyl halides is 3. The van der Waals surface area contributed by atoms with E-state index in [1.54, 1.807) is 7.05 Å². The van der Waals surface area contributed by atoms with Gasteiger partial charge in [0.05, 0.1) is 27.9 Å². The van der Waals surface area contributed by atoms with Crippen molar-refractivity contribution in [1.29, 1.82) is 0 Å². The Balaban J connectivity index is 2.32. The number of aryl methyl sites for hydroxylation is 1. The van der Waals surface area contributed by atoms with Crippen LogP contribution in [-0.2, 0) is 23.1 Å². The summed E-state index contributed by atoms with van der Waals surface area (Å²) in [4.78, 5) is 10.4. The van der Waals surface area contributed by atoms with Gasteiger partial charge in [0, 0.05) is 7.05 Å². The molecule has 0 aliphatic heterocycles. The fraction of sp³-hybridized carbons (Fsp3) is 0.267. The Morgan fingerprint density at radius 1 is 1.31 bits per heavy atom. The molecule has 0 saturated heterocycles. The third-order valence-corrected chi connectivity index (χ3v) is 5.89. The van der Waals surface area contributed by atoms with E-state index in [1.165, 1.54) is 23.6 Å². The highest BCUT2D eigenvalue weighted by Crippen LogP contribution is 2.32. The van der Waals surface area contributed by atoms with E-state index in [4.69, 9.17) is 12.2 Å². The number of aromatic amines is 1. The highest BCUT2D eigenvalue weighted by molar-refractivity contribution is 7.91. The van der Waals surface area contributed by atoms with Gasteiger partial charge in [-0.25, -0.2) is 18.4 Å². The maximum atomic E-state index is 12.9. The third kappa shape index (κ3) is 3.12. The monoisotopic (exact) mass is 402 g/mol. The van der Waals surface area contributed by atoms with Gasteiger partial charge in [-0.3, -0.25) is 0 Å². The molecule has 3 aromatic rings. The predicted octanol–water partition coefficient (Wildman–Crippen LogP) is 3.51. The molecule has 0 radical (unpaired) electrons. The van der Waals surface area contributed by atoms with Crippen LogP contribution >= 0.6 is 12.2 Å². The first-order chi connectivity index (χ1) is 12.0. The fourth-order valence-electron chi connectivity index (χ4n) is 2.51. The first-order valence-electron chi connectivity index (χ1n) is 7.40. The molecule has 1 N–H and O–H groups in total. The lowest BCUT2D eigenvalue weighted by Crippen LogP contribution is -2.08. The van der Waals surface area contributed by atoms with Crippen LogP contribution in [0.2, 0.25) is 0 Å². The number of hydrogen-bond acceptors (Lipinski definition) is 5. The van der Waals surface area contributed by atoms with Crippen LogP contribution in [0.15, 0.2) is 29.3 Å². The Kier molecular flexibility index (Phi) is 4.39. The topological polar surface area (TPSA) is 80.6 Å².